The number of aromatic nitrogens is 4. The molecule has 82 heavy (non-hydrogen) atoms. The van der Waals surface area contributed by atoms with Gasteiger partial charge in [0.2, 0.25) is 0 Å². The molecular weight excluding hydrogens is 1140 g/mol. The fourth-order valence-corrected chi connectivity index (χ4v) is 13.5. The Bertz CT molecular complexity index is 4860. The molecular formula is C54H52N8O16S4. The summed E-state index contributed by atoms with van der Waals surface area (Å²) in [6.45, 7) is 1.22. The molecule has 11 aromatic rings. The van der Waals surface area contributed by atoms with Crippen molar-refractivity contribution in [3.05, 3.63) is 117 Å². The van der Waals surface area contributed by atoms with Crippen molar-refractivity contribution in [1.82, 2.24) is 39.2 Å². The number of fused-ring (bicyclic) bond motifs is 10. The maximum absolute atomic E-state index is 14.8. The fraction of sp³-hybridized carbons (Fsp3) is 0.296. The van der Waals surface area contributed by atoms with Gasteiger partial charge in [-0.05, 0) is 145 Å². The number of benzene rings is 7. The fourth-order valence-electron chi connectivity index (χ4n) is 11.5. The molecule has 4 heterocycles. The van der Waals surface area contributed by atoms with Crippen LogP contribution in [0.1, 0.15) is 46.4 Å². The van der Waals surface area contributed by atoms with Crippen LogP contribution in [0.5, 0.6) is 0 Å². The van der Waals surface area contributed by atoms with E-state index in [1.54, 1.807) is 58.3 Å². The molecule has 428 valence electrons. The lowest BCUT2D eigenvalue weighted by Crippen LogP contribution is -2.37. The average molecular weight is 1200 g/mol. The van der Waals surface area contributed by atoms with Crippen LogP contribution in [0.3, 0.4) is 0 Å². The first kappa shape index (κ1) is 56.5. The second-order valence-electron chi connectivity index (χ2n) is 20.5. The van der Waals surface area contributed by atoms with Crippen LogP contribution in [0.4, 0.5) is 0 Å². The highest BCUT2D eigenvalue weighted by molar-refractivity contribution is 7.86. The van der Waals surface area contributed by atoms with E-state index in [2.05, 4.69) is 10.6 Å². The minimum Gasteiger partial charge on any atom is -0.351 e. The molecule has 0 fully saturated rings. The van der Waals surface area contributed by atoms with Gasteiger partial charge in [0.15, 0.2) is 0 Å². The van der Waals surface area contributed by atoms with Crippen LogP contribution in [0, 0.1) is 0 Å². The highest BCUT2D eigenvalue weighted by atomic mass is 32.2. The number of nitrogens with one attached hydrogen (secondary N) is 2. The minimum absolute atomic E-state index is 0.0438. The van der Waals surface area contributed by atoms with Gasteiger partial charge < -0.3 is 20.4 Å². The molecule has 0 radical (unpaired) electrons. The lowest BCUT2D eigenvalue weighted by molar-refractivity contribution is 0.0940. The van der Waals surface area contributed by atoms with E-state index in [1.807, 2.05) is 36.4 Å². The standard InChI is InChI=1S/C54H52N8O16S4/c63-51(55-17-23-59(19-1-25-79(67,68)69)20-2-26-80(70,71)72)31-6-16-43-42(29-31)58-50-38-12-8-34-33-7-11-37-47-40(14-10-36(45(33)47)35-9-13-39(48(38)46(34)35)53(65)61(43)50)54(66)62-44-30-32(5-15-41(44)57-49(37)62)52(64)56-18-24-60(21-3-27-81(73,74)75)22-4-28-82(76,77)78/h5-16,29-30H,1-4,17-28H2,(H,55,63)(H,56,64)(H,67,68,69)(H,70,71,72)(H,73,74,75)(H,76,77,78). The molecule has 0 bridgehead atoms. The Morgan fingerprint density at radius 2 is 0.756 bits per heavy atom. The van der Waals surface area contributed by atoms with Crippen molar-refractivity contribution in [3.63, 3.8) is 0 Å². The van der Waals surface area contributed by atoms with Crippen LogP contribution < -0.4 is 21.8 Å². The SMILES string of the molecule is O=C(NCCN(CCCS(=O)(=O)O)CCCS(=O)(=O)O)c1ccc2c(c1)nc1c3ccc4c5ccc6c7c(ccc(c8ccc(c(=O)n21)c3c84)c57)c(=O)n1c2cc(C(=O)NCCN(CCCS(=O)(=O)O)CCCS(=O)(=O)O)ccc2nc61. The van der Waals surface area contributed by atoms with Crippen LogP contribution in [0.25, 0.3) is 98.0 Å². The van der Waals surface area contributed by atoms with Gasteiger partial charge in [-0.2, -0.15) is 33.7 Å². The number of imidazole rings is 2. The van der Waals surface area contributed by atoms with Crippen molar-refractivity contribution in [2.24, 2.45) is 0 Å². The molecule has 0 atom stereocenters. The molecule has 6 N–H and O–H groups in total. The van der Waals surface area contributed by atoms with E-state index < -0.39 is 75.3 Å². The van der Waals surface area contributed by atoms with E-state index in [9.17, 15) is 71.1 Å². The molecule has 2 amide bonds. The van der Waals surface area contributed by atoms with E-state index in [4.69, 9.17) is 9.97 Å². The zero-order valence-electron chi connectivity index (χ0n) is 43.4. The van der Waals surface area contributed by atoms with Gasteiger partial charge in [0.05, 0.1) is 45.1 Å². The van der Waals surface area contributed by atoms with Crippen LogP contribution in [-0.2, 0) is 40.5 Å². The van der Waals surface area contributed by atoms with Crippen molar-refractivity contribution in [2.75, 3.05) is 75.4 Å². The molecule has 24 nitrogen and oxygen atoms in total. The summed E-state index contributed by atoms with van der Waals surface area (Å²) in [4.78, 5) is 69.8. The summed E-state index contributed by atoms with van der Waals surface area (Å²) in [7, 11) is -16.9. The summed E-state index contributed by atoms with van der Waals surface area (Å²) >= 11 is 0. The van der Waals surface area contributed by atoms with Crippen LogP contribution >= 0.6 is 0 Å². The van der Waals surface area contributed by atoms with Crippen molar-refractivity contribution in [2.45, 2.75) is 25.7 Å². The number of pyridine rings is 2. The third kappa shape index (κ3) is 11.2. The normalized spacial score (nSPS) is 13.2. The van der Waals surface area contributed by atoms with Crippen molar-refractivity contribution in [1.29, 1.82) is 0 Å². The molecule has 0 aliphatic heterocycles. The summed E-state index contributed by atoms with van der Waals surface area (Å²) in [5.74, 6) is -2.98. The number of rotatable bonds is 24. The third-order valence-electron chi connectivity index (χ3n) is 15.0. The Hall–Kier alpha value is -7.38. The molecule has 0 saturated carbocycles. The third-order valence-corrected chi connectivity index (χ3v) is 18.2. The molecule has 0 aliphatic rings. The summed E-state index contributed by atoms with van der Waals surface area (Å²) in [6.07, 6.45) is 0.183. The minimum atomic E-state index is -4.23. The smallest absolute Gasteiger partial charge is 0.264 e. The lowest BCUT2D eigenvalue weighted by Gasteiger charge is -2.22. The van der Waals surface area contributed by atoms with Gasteiger partial charge in [-0.15, -0.1) is 0 Å². The van der Waals surface area contributed by atoms with Gasteiger partial charge in [0, 0.05) is 69.6 Å². The lowest BCUT2D eigenvalue weighted by atomic mass is 9.86. The topological polar surface area (TPSA) is 351 Å². The summed E-state index contributed by atoms with van der Waals surface area (Å²) in [5, 5.41) is 14.2. The highest BCUT2D eigenvalue weighted by Gasteiger charge is 2.25. The van der Waals surface area contributed by atoms with Crippen molar-refractivity contribution >= 4 is 150 Å². The van der Waals surface area contributed by atoms with E-state index in [1.165, 1.54) is 8.80 Å². The number of hydrogen-bond donors (Lipinski definition) is 6. The summed E-state index contributed by atoms with van der Waals surface area (Å²) in [5.41, 5.74) is 2.27. The molecule has 7 aromatic carbocycles. The maximum Gasteiger partial charge on any atom is 0.264 e. The van der Waals surface area contributed by atoms with Gasteiger partial charge >= 0.3 is 0 Å². The predicted molar refractivity (Wildman–Crippen MR) is 312 cm³/mol. The van der Waals surface area contributed by atoms with Crippen molar-refractivity contribution < 1.29 is 61.5 Å². The van der Waals surface area contributed by atoms with Crippen LogP contribution in [0.2, 0.25) is 0 Å². The van der Waals surface area contributed by atoms with E-state index in [0.717, 1.165) is 32.3 Å². The molecule has 0 spiro atoms. The molecule has 4 aromatic heterocycles. The second kappa shape index (κ2) is 21.4. The Morgan fingerprint density at radius 1 is 0.415 bits per heavy atom. The Labute approximate surface area is 466 Å². The largest absolute Gasteiger partial charge is 0.351 e. The summed E-state index contributed by atoms with van der Waals surface area (Å²) < 4.78 is 130. The quantitative estimate of drug-likeness (QED) is 0.0277. The molecule has 11 rings (SSSR count). The first-order chi connectivity index (χ1) is 38.8. The molecule has 0 unspecified atom stereocenters. The monoisotopic (exact) mass is 1200 g/mol. The Kier molecular flexibility index (Phi) is 14.8. The van der Waals surface area contributed by atoms with E-state index in [-0.39, 0.29) is 100 Å². The number of carbonyl (C=O) groups excluding carboxylic acids is 2. The van der Waals surface area contributed by atoms with E-state index >= 15 is 0 Å². The molecule has 0 aliphatic carbocycles. The first-order valence-electron chi connectivity index (χ1n) is 26.0. The highest BCUT2D eigenvalue weighted by Crippen LogP contribution is 2.46. The predicted octanol–water partition coefficient (Wildman–Crippen LogP) is 4.42. The van der Waals surface area contributed by atoms with Gasteiger partial charge in [-0.3, -0.25) is 46.2 Å². The van der Waals surface area contributed by atoms with Crippen LogP contribution in [-0.4, -0.2) is 168 Å². The zero-order valence-corrected chi connectivity index (χ0v) is 46.7. The van der Waals surface area contributed by atoms with E-state index in [0.29, 0.717) is 65.7 Å². The van der Waals surface area contributed by atoms with Crippen LogP contribution in [0.15, 0.2) is 94.5 Å². The number of carbonyl (C=O) groups is 2. The Balaban J connectivity index is 0.892. The van der Waals surface area contributed by atoms with Gasteiger partial charge in [-0.1, -0.05) is 24.3 Å². The van der Waals surface area contributed by atoms with Gasteiger partial charge in [0.25, 0.3) is 63.4 Å². The number of nitrogens with zero attached hydrogens (tertiary/aromatic N) is 6. The van der Waals surface area contributed by atoms with Crippen molar-refractivity contribution in [3.8, 4) is 0 Å². The second-order valence-corrected chi connectivity index (χ2v) is 26.7. The molecule has 0 saturated heterocycles. The average Bonchev–Trinajstić information content (AvgIpc) is 3.48. The van der Waals surface area contributed by atoms with Gasteiger partial charge in [0.1, 0.15) is 11.3 Å². The maximum atomic E-state index is 14.8. The molecule has 28 heteroatoms. The zero-order chi connectivity index (χ0) is 58.2. The Morgan fingerprint density at radius 3 is 1.17 bits per heavy atom. The first-order valence-corrected chi connectivity index (χ1v) is 32.4. The summed E-state index contributed by atoms with van der Waals surface area (Å²) in [6, 6.07) is 24.7. The number of amides is 2. The number of hydrogen-bond acceptors (Lipinski definition) is 16. The van der Waals surface area contributed by atoms with Gasteiger partial charge in [-0.25, -0.2) is 9.97 Å².